The van der Waals surface area contributed by atoms with Crippen LogP contribution in [0.5, 0.6) is 0 Å². The molecule has 0 heterocycles. The Labute approximate surface area is 130 Å². The maximum absolute atomic E-state index is 12.4. The van der Waals surface area contributed by atoms with E-state index in [0.717, 1.165) is 31.4 Å². The molecule has 0 aliphatic heterocycles. The summed E-state index contributed by atoms with van der Waals surface area (Å²) in [5.41, 5.74) is -0.480. The van der Waals surface area contributed by atoms with Crippen LogP contribution in [0.2, 0.25) is 0 Å². The Kier molecular flexibility index (Phi) is 7.99. The third-order valence-corrected chi connectivity index (χ3v) is 3.54. The van der Waals surface area contributed by atoms with Crippen molar-refractivity contribution in [1.82, 2.24) is 5.32 Å². The van der Waals surface area contributed by atoms with Gasteiger partial charge in [-0.3, -0.25) is 4.79 Å². The molecule has 0 saturated carbocycles. The summed E-state index contributed by atoms with van der Waals surface area (Å²) in [6, 6.07) is 4.29. The lowest BCUT2D eigenvalue weighted by atomic mass is 10.1. The predicted molar refractivity (Wildman–Crippen MR) is 81.8 cm³/mol. The number of halogens is 3. The number of hydrogen-bond donors (Lipinski definition) is 1. The molecule has 0 spiro atoms. The zero-order chi connectivity index (χ0) is 16.4. The van der Waals surface area contributed by atoms with Gasteiger partial charge in [0.2, 0.25) is 0 Å². The summed E-state index contributed by atoms with van der Waals surface area (Å²) in [7, 11) is 0. The lowest BCUT2D eigenvalue weighted by molar-refractivity contribution is -0.137. The summed E-state index contributed by atoms with van der Waals surface area (Å²) in [5.74, 6) is -0.320. The Morgan fingerprint density at radius 3 is 2.05 bits per heavy atom. The highest BCUT2D eigenvalue weighted by molar-refractivity contribution is 5.94. The van der Waals surface area contributed by atoms with Gasteiger partial charge in [-0.1, -0.05) is 45.4 Å². The van der Waals surface area contributed by atoms with Gasteiger partial charge in [-0.2, -0.15) is 13.2 Å². The Morgan fingerprint density at radius 1 is 0.955 bits per heavy atom. The molecule has 124 valence electrons. The third-order valence-electron chi connectivity index (χ3n) is 3.54. The molecule has 2 nitrogen and oxygen atoms in total. The molecule has 1 rings (SSSR count). The molecule has 0 fully saturated rings. The molecule has 5 heteroatoms. The second-order valence-corrected chi connectivity index (χ2v) is 5.45. The van der Waals surface area contributed by atoms with Crippen LogP contribution in [0.15, 0.2) is 24.3 Å². The summed E-state index contributed by atoms with van der Waals surface area (Å²) in [5, 5.41) is 2.74. The molecule has 0 aromatic heterocycles. The highest BCUT2D eigenvalue weighted by Crippen LogP contribution is 2.29. The van der Waals surface area contributed by atoms with Gasteiger partial charge in [0, 0.05) is 12.1 Å². The smallest absolute Gasteiger partial charge is 0.352 e. The van der Waals surface area contributed by atoms with Crippen LogP contribution in [-0.2, 0) is 6.18 Å². The number of alkyl halides is 3. The fourth-order valence-corrected chi connectivity index (χ4v) is 2.20. The first kappa shape index (κ1) is 18.5. The van der Waals surface area contributed by atoms with Crippen molar-refractivity contribution in [3.8, 4) is 0 Å². The minimum Gasteiger partial charge on any atom is -0.352 e. The van der Waals surface area contributed by atoms with Gasteiger partial charge in [0.25, 0.3) is 5.91 Å². The Bertz CT molecular complexity index is 440. The van der Waals surface area contributed by atoms with E-state index >= 15 is 0 Å². The maximum atomic E-state index is 12.4. The Morgan fingerprint density at radius 2 is 1.50 bits per heavy atom. The standard InChI is InChI=1S/C17H24F3NO/c1-2-3-4-5-6-7-8-13-21-16(22)14-9-11-15(12-10-14)17(18,19)20/h9-12H,2-8,13H2,1H3,(H,21,22). The zero-order valence-electron chi connectivity index (χ0n) is 13.0. The van der Waals surface area contributed by atoms with E-state index in [-0.39, 0.29) is 11.5 Å². The summed E-state index contributed by atoms with van der Waals surface area (Å²) in [6.07, 6.45) is 3.74. The van der Waals surface area contributed by atoms with Crippen molar-refractivity contribution in [2.75, 3.05) is 6.54 Å². The van der Waals surface area contributed by atoms with E-state index in [2.05, 4.69) is 12.2 Å². The number of benzene rings is 1. The Balaban J connectivity index is 2.23. The van der Waals surface area contributed by atoms with Crippen molar-refractivity contribution >= 4 is 5.91 Å². The van der Waals surface area contributed by atoms with Gasteiger partial charge in [-0.05, 0) is 30.7 Å². The van der Waals surface area contributed by atoms with Gasteiger partial charge in [0.15, 0.2) is 0 Å². The van der Waals surface area contributed by atoms with Gasteiger partial charge < -0.3 is 5.32 Å². The monoisotopic (exact) mass is 315 g/mol. The van der Waals surface area contributed by atoms with Gasteiger partial charge in [0.05, 0.1) is 5.56 Å². The molecule has 0 unspecified atom stereocenters. The van der Waals surface area contributed by atoms with Crippen molar-refractivity contribution < 1.29 is 18.0 Å². The first-order valence-corrected chi connectivity index (χ1v) is 7.90. The molecule has 0 aliphatic rings. The van der Waals surface area contributed by atoms with Crippen molar-refractivity contribution in [1.29, 1.82) is 0 Å². The molecular formula is C17H24F3NO. The highest BCUT2D eigenvalue weighted by Gasteiger charge is 2.30. The van der Waals surface area contributed by atoms with Crippen LogP contribution in [0.3, 0.4) is 0 Å². The van der Waals surface area contributed by atoms with Crippen molar-refractivity contribution in [3.05, 3.63) is 35.4 Å². The van der Waals surface area contributed by atoms with Crippen molar-refractivity contribution in [2.45, 2.75) is 58.0 Å². The fraction of sp³-hybridized carbons (Fsp3) is 0.588. The lowest BCUT2D eigenvalue weighted by Crippen LogP contribution is -2.24. The second kappa shape index (κ2) is 9.49. The van der Waals surface area contributed by atoms with E-state index in [4.69, 9.17) is 0 Å². The van der Waals surface area contributed by atoms with E-state index in [0.29, 0.717) is 6.54 Å². The number of carbonyl (C=O) groups is 1. The summed E-state index contributed by atoms with van der Waals surface area (Å²) < 4.78 is 37.3. The van der Waals surface area contributed by atoms with E-state index in [9.17, 15) is 18.0 Å². The molecule has 1 amide bonds. The minimum absolute atomic E-state index is 0.260. The van der Waals surface area contributed by atoms with Crippen LogP contribution in [0, 0.1) is 0 Å². The largest absolute Gasteiger partial charge is 0.416 e. The molecular weight excluding hydrogens is 291 g/mol. The molecule has 1 N–H and O–H groups in total. The number of amides is 1. The van der Waals surface area contributed by atoms with E-state index in [1.54, 1.807) is 0 Å². The number of carbonyl (C=O) groups excluding carboxylic acids is 1. The van der Waals surface area contributed by atoms with Gasteiger partial charge in [0.1, 0.15) is 0 Å². The average Bonchev–Trinajstić information content (AvgIpc) is 2.49. The first-order chi connectivity index (χ1) is 10.4. The molecule has 0 atom stereocenters. The SMILES string of the molecule is CCCCCCCCCNC(=O)c1ccc(C(F)(F)F)cc1. The number of hydrogen-bond acceptors (Lipinski definition) is 1. The van der Waals surface area contributed by atoms with Gasteiger partial charge in [-0.15, -0.1) is 0 Å². The van der Waals surface area contributed by atoms with Crippen LogP contribution >= 0.6 is 0 Å². The first-order valence-electron chi connectivity index (χ1n) is 7.90. The Hall–Kier alpha value is -1.52. The van der Waals surface area contributed by atoms with Crippen LogP contribution in [0.25, 0.3) is 0 Å². The molecule has 0 aliphatic carbocycles. The van der Waals surface area contributed by atoms with E-state index in [1.807, 2.05) is 0 Å². The van der Waals surface area contributed by atoms with Crippen LogP contribution < -0.4 is 5.32 Å². The molecule has 0 bridgehead atoms. The topological polar surface area (TPSA) is 29.1 Å². The summed E-state index contributed by atoms with van der Waals surface area (Å²) in [4.78, 5) is 11.8. The summed E-state index contributed by atoms with van der Waals surface area (Å²) >= 11 is 0. The quantitative estimate of drug-likeness (QED) is 0.625. The second-order valence-electron chi connectivity index (χ2n) is 5.45. The average molecular weight is 315 g/mol. The van der Waals surface area contributed by atoms with Crippen LogP contribution in [0.4, 0.5) is 13.2 Å². The molecule has 1 aromatic rings. The maximum Gasteiger partial charge on any atom is 0.416 e. The van der Waals surface area contributed by atoms with Gasteiger partial charge in [-0.25, -0.2) is 0 Å². The van der Waals surface area contributed by atoms with Crippen LogP contribution in [-0.4, -0.2) is 12.5 Å². The number of unbranched alkanes of at least 4 members (excludes halogenated alkanes) is 6. The van der Waals surface area contributed by atoms with Gasteiger partial charge >= 0.3 is 6.18 Å². The minimum atomic E-state index is -4.37. The normalized spacial score (nSPS) is 11.5. The van der Waals surface area contributed by atoms with E-state index in [1.165, 1.54) is 37.8 Å². The molecule has 0 radical (unpaired) electrons. The number of rotatable bonds is 9. The lowest BCUT2D eigenvalue weighted by Gasteiger charge is -2.08. The third kappa shape index (κ3) is 6.96. The molecule has 0 saturated heterocycles. The highest BCUT2D eigenvalue weighted by atomic mass is 19.4. The fourth-order valence-electron chi connectivity index (χ4n) is 2.20. The molecule has 22 heavy (non-hydrogen) atoms. The van der Waals surface area contributed by atoms with Crippen molar-refractivity contribution in [3.63, 3.8) is 0 Å². The zero-order valence-corrected chi connectivity index (χ0v) is 13.0. The van der Waals surface area contributed by atoms with Crippen molar-refractivity contribution in [2.24, 2.45) is 0 Å². The van der Waals surface area contributed by atoms with Crippen LogP contribution in [0.1, 0.15) is 67.8 Å². The molecule has 1 aromatic carbocycles. The summed E-state index contributed by atoms with van der Waals surface area (Å²) in [6.45, 7) is 2.74. The van der Waals surface area contributed by atoms with E-state index < -0.39 is 11.7 Å². The number of nitrogens with one attached hydrogen (secondary N) is 1. The predicted octanol–water partition coefficient (Wildman–Crippen LogP) is 5.19.